The Labute approximate surface area is 125 Å². The Morgan fingerprint density at radius 3 is 2.38 bits per heavy atom. The van der Waals surface area contributed by atoms with E-state index in [4.69, 9.17) is 0 Å². The predicted molar refractivity (Wildman–Crippen MR) is 85.2 cm³/mol. The van der Waals surface area contributed by atoms with Gasteiger partial charge in [0.15, 0.2) is 0 Å². The number of amides is 1. The molecular weight excluding hydrogens is 260 g/mol. The van der Waals surface area contributed by atoms with Crippen LogP contribution in [0.25, 0.3) is 11.1 Å². The summed E-state index contributed by atoms with van der Waals surface area (Å²) in [5.74, 6) is 0.128. The molecule has 3 nitrogen and oxygen atoms in total. The second-order valence-electron chi connectivity index (χ2n) is 5.50. The highest BCUT2D eigenvalue weighted by atomic mass is 16.2. The van der Waals surface area contributed by atoms with E-state index >= 15 is 0 Å². The molecular formula is C18H20N2O. The van der Waals surface area contributed by atoms with Crippen molar-refractivity contribution in [2.45, 2.75) is 13.0 Å². The van der Waals surface area contributed by atoms with Gasteiger partial charge in [0.2, 0.25) is 0 Å². The second kappa shape index (κ2) is 6.10. The summed E-state index contributed by atoms with van der Waals surface area (Å²) in [6.07, 6.45) is 0. The minimum absolute atomic E-state index is 0.128. The van der Waals surface area contributed by atoms with Gasteiger partial charge in [-0.05, 0) is 30.2 Å². The molecule has 3 rings (SSSR count). The van der Waals surface area contributed by atoms with Crippen molar-refractivity contribution in [2.24, 2.45) is 0 Å². The maximum atomic E-state index is 12.6. The van der Waals surface area contributed by atoms with E-state index in [0.29, 0.717) is 0 Å². The first-order valence-corrected chi connectivity index (χ1v) is 7.43. The number of rotatable bonds is 2. The zero-order chi connectivity index (χ0) is 14.7. The summed E-state index contributed by atoms with van der Waals surface area (Å²) in [5.41, 5.74) is 3.08. The smallest absolute Gasteiger partial charge is 0.254 e. The summed E-state index contributed by atoms with van der Waals surface area (Å²) in [5, 5.41) is 3.31. The molecule has 108 valence electrons. The van der Waals surface area contributed by atoms with Crippen LogP contribution >= 0.6 is 0 Å². The summed E-state index contributed by atoms with van der Waals surface area (Å²) >= 11 is 0. The molecule has 1 aliphatic heterocycles. The Hall–Kier alpha value is -2.13. The Morgan fingerprint density at radius 1 is 1.05 bits per heavy atom. The summed E-state index contributed by atoms with van der Waals surface area (Å²) in [4.78, 5) is 14.5. The number of nitrogens with one attached hydrogen (secondary N) is 1. The van der Waals surface area contributed by atoms with Gasteiger partial charge in [-0.25, -0.2) is 0 Å². The molecule has 3 heteroatoms. The first-order chi connectivity index (χ1) is 10.3. The molecule has 1 amide bonds. The van der Waals surface area contributed by atoms with Crippen LogP contribution in [0.4, 0.5) is 0 Å². The van der Waals surface area contributed by atoms with Gasteiger partial charge in [-0.2, -0.15) is 0 Å². The van der Waals surface area contributed by atoms with E-state index in [-0.39, 0.29) is 11.9 Å². The lowest BCUT2D eigenvalue weighted by Crippen LogP contribution is -2.52. The van der Waals surface area contributed by atoms with Crippen LogP contribution in [0.5, 0.6) is 0 Å². The Bertz CT molecular complexity index is 607. The molecule has 2 aromatic rings. The van der Waals surface area contributed by atoms with E-state index in [9.17, 15) is 4.79 Å². The maximum absolute atomic E-state index is 12.6. The second-order valence-corrected chi connectivity index (χ2v) is 5.50. The van der Waals surface area contributed by atoms with Gasteiger partial charge in [-0.3, -0.25) is 4.79 Å². The molecule has 0 aliphatic carbocycles. The van der Waals surface area contributed by atoms with Crippen LogP contribution in [0.3, 0.4) is 0 Å². The van der Waals surface area contributed by atoms with Gasteiger partial charge in [-0.15, -0.1) is 0 Å². The standard InChI is InChI=1S/C18H20N2O/c1-14-13-19-11-12-20(14)18(21)17-9-7-16(8-10-17)15-5-3-2-4-6-15/h2-10,14,19H,11-13H2,1H3/t14-/m1/s1. The lowest BCUT2D eigenvalue weighted by molar-refractivity contribution is 0.0656. The van der Waals surface area contributed by atoms with Crippen molar-refractivity contribution in [3.63, 3.8) is 0 Å². The van der Waals surface area contributed by atoms with Crippen molar-refractivity contribution in [1.82, 2.24) is 10.2 Å². The lowest BCUT2D eigenvalue weighted by Gasteiger charge is -2.34. The van der Waals surface area contributed by atoms with Crippen LogP contribution in [-0.2, 0) is 0 Å². The number of nitrogens with zero attached hydrogens (tertiary/aromatic N) is 1. The van der Waals surface area contributed by atoms with E-state index in [1.54, 1.807) is 0 Å². The molecule has 1 heterocycles. The third-order valence-corrected chi connectivity index (χ3v) is 4.00. The van der Waals surface area contributed by atoms with Crippen molar-refractivity contribution in [2.75, 3.05) is 19.6 Å². The van der Waals surface area contributed by atoms with Gasteiger partial charge in [0.05, 0.1) is 0 Å². The average molecular weight is 280 g/mol. The summed E-state index contributed by atoms with van der Waals surface area (Å²) < 4.78 is 0. The molecule has 2 aromatic carbocycles. The third-order valence-electron chi connectivity index (χ3n) is 4.00. The Morgan fingerprint density at radius 2 is 1.71 bits per heavy atom. The normalized spacial score (nSPS) is 18.5. The largest absolute Gasteiger partial charge is 0.333 e. The van der Waals surface area contributed by atoms with Crippen LogP contribution in [0.1, 0.15) is 17.3 Å². The molecule has 1 atom stereocenters. The molecule has 21 heavy (non-hydrogen) atoms. The van der Waals surface area contributed by atoms with Crippen LogP contribution in [0, 0.1) is 0 Å². The molecule has 0 aromatic heterocycles. The number of carbonyl (C=O) groups excluding carboxylic acids is 1. The monoisotopic (exact) mass is 280 g/mol. The van der Waals surface area contributed by atoms with Crippen molar-refractivity contribution in [3.05, 3.63) is 60.2 Å². The highest BCUT2D eigenvalue weighted by Gasteiger charge is 2.23. The molecule has 1 aliphatic rings. The van der Waals surface area contributed by atoms with Gasteiger partial charge in [0.1, 0.15) is 0 Å². The van der Waals surface area contributed by atoms with Gasteiger partial charge in [0.25, 0.3) is 5.91 Å². The minimum atomic E-state index is 0.128. The van der Waals surface area contributed by atoms with E-state index in [1.807, 2.05) is 47.4 Å². The molecule has 0 unspecified atom stereocenters. The molecule has 0 bridgehead atoms. The SMILES string of the molecule is C[C@@H]1CNCCN1C(=O)c1ccc(-c2ccccc2)cc1. The van der Waals surface area contributed by atoms with Gasteiger partial charge in [-0.1, -0.05) is 42.5 Å². The summed E-state index contributed by atoms with van der Waals surface area (Å²) in [7, 11) is 0. The van der Waals surface area contributed by atoms with Crippen molar-refractivity contribution in [3.8, 4) is 11.1 Å². The van der Waals surface area contributed by atoms with Gasteiger partial charge >= 0.3 is 0 Å². The van der Waals surface area contributed by atoms with E-state index in [2.05, 4.69) is 24.4 Å². The number of hydrogen-bond donors (Lipinski definition) is 1. The third kappa shape index (κ3) is 2.98. The molecule has 1 N–H and O–H groups in total. The first kappa shape index (κ1) is 13.8. The van der Waals surface area contributed by atoms with E-state index in [1.165, 1.54) is 5.56 Å². The Kier molecular flexibility index (Phi) is 4.02. The van der Waals surface area contributed by atoms with Crippen molar-refractivity contribution in [1.29, 1.82) is 0 Å². The zero-order valence-electron chi connectivity index (χ0n) is 12.3. The van der Waals surface area contributed by atoms with Crippen molar-refractivity contribution < 1.29 is 4.79 Å². The Balaban J connectivity index is 1.79. The first-order valence-electron chi connectivity index (χ1n) is 7.43. The quantitative estimate of drug-likeness (QED) is 0.917. The summed E-state index contributed by atoms with van der Waals surface area (Å²) in [6, 6.07) is 18.4. The van der Waals surface area contributed by atoms with Crippen molar-refractivity contribution >= 4 is 5.91 Å². The molecule has 0 spiro atoms. The summed E-state index contributed by atoms with van der Waals surface area (Å²) in [6.45, 7) is 4.61. The minimum Gasteiger partial charge on any atom is -0.333 e. The fourth-order valence-corrected chi connectivity index (χ4v) is 2.74. The maximum Gasteiger partial charge on any atom is 0.254 e. The fourth-order valence-electron chi connectivity index (χ4n) is 2.74. The number of benzene rings is 2. The number of carbonyl (C=O) groups is 1. The number of hydrogen-bond acceptors (Lipinski definition) is 2. The van der Waals surface area contributed by atoms with E-state index < -0.39 is 0 Å². The van der Waals surface area contributed by atoms with Crippen LogP contribution in [-0.4, -0.2) is 36.5 Å². The van der Waals surface area contributed by atoms with E-state index in [0.717, 1.165) is 30.8 Å². The zero-order valence-corrected chi connectivity index (χ0v) is 12.3. The number of piperazine rings is 1. The molecule has 1 fully saturated rings. The highest BCUT2D eigenvalue weighted by Crippen LogP contribution is 2.20. The fraction of sp³-hybridized carbons (Fsp3) is 0.278. The molecule has 0 saturated carbocycles. The predicted octanol–water partition coefficient (Wildman–Crippen LogP) is 2.79. The molecule has 1 saturated heterocycles. The highest BCUT2D eigenvalue weighted by molar-refractivity contribution is 5.95. The van der Waals surface area contributed by atoms with Crippen LogP contribution in [0.15, 0.2) is 54.6 Å². The van der Waals surface area contributed by atoms with Gasteiger partial charge < -0.3 is 10.2 Å². The average Bonchev–Trinajstić information content (AvgIpc) is 2.56. The lowest BCUT2D eigenvalue weighted by atomic mass is 10.0. The van der Waals surface area contributed by atoms with Crippen LogP contribution < -0.4 is 5.32 Å². The molecule has 0 radical (unpaired) electrons. The topological polar surface area (TPSA) is 32.3 Å². The van der Waals surface area contributed by atoms with Gasteiger partial charge in [0, 0.05) is 31.2 Å². The van der Waals surface area contributed by atoms with Crippen LogP contribution in [0.2, 0.25) is 0 Å².